The molecule has 156 valence electrons. The molecule has 1 amide bonds. The van der Waals surface area contributed by atoms with Crippen LogP contribution in [0.2, 0.25) is 0 Å². The average Bonchev–Trinajstić information content (AvgIpc) is 3.17. The van der Waals surface area contributed by atoms with Crippen LogP contribution < -0.4 is 4.74 Å². The molecule has 1 saturated heterocycles. The largest absolute Gasteiger partial charge is 0.487 e. The Morgan fingerprint density at radius 3 is 2.57 bits per heavy atom. The molecule has 1 aromatic heterocycles. The van der Waals surface area contributed by atoms with Crippen molar-refractivity contribution in [3.8, 4) is 5.75 Å². The lowest BCUT2D eigenvalue weighted by molar-refractivity contribution is 0.0628. The van der Waals surface area contributed by atoms with Gasteiger partial charge in [-0.05, 0) is 37.6 Å². The fourth-order valence-electron chi connectivity index (χ4n) is 3.61. The van der Waals surface area contributed by atoms with Gasteiger partial charge >= 0.3 is 0 Å². The highest BCUT2D eigenvalue weighted by Gasteiger charge is 2.22. The molecule has 1 fully saturated rings. The molecule has 2 aromatic carbocycles. The van der Waals surface area contributed by atoms with Crippen molar-refractivity contribution in [2.75, 3.05) is 26.2 Å². The molecule has 30 heavy (non-hydrogen) atoms. The second-order valence-corrected chi connectivity index (χ2v) is 8.20. The van der Waals surface area contributed by atoms with Gasteiger partial charge in [0.1, 0.15) is 18.1 Å². The van der Waals surface area contributed by atoms with Gasteiger partial charge in [0.2, 0.25) is 0 Å². The van der Waals surface area contributed by atoms with Gasteiger partial charge in [-0.1, -0.05) is 35.9 Å². The molecule has 0 atom stereocenters. The van der Waals surface area contributed by atoms with E-state index in [4.69, 9.17) is 4.74 Å². The van der Waals surface area contributed by atoms with Crippen LogP contribution >= 0.6 is 11.7 Å². The molecule has 1 aliphatic rings. The van der Waals surface area contributed by atoms with Crippen LogP contribution in [-0.2, 0) is 13.2 Å². The summed E-state index contributed by atoms with van der Waals surface area (Å²) in [7, 11) is 0. The third-order valence-electron chi connectivity index (χ3n) is 5.35. The second-order valence-electron chi connectivity index (χ2n) is 7.67. The van der Waals surface area contributed by atoms with E-state index in [2.05, 4.69) is 44.8 Å². The van der Waals surface area contributed by atoms with Crippen molar-refractivity contribution >= 4 is 17.6 Å². The average molecular weight is 423 g/mol. The first-order valence-electron chi connectivity index (χ1n) is 10.2. The Balaban J connectivity index is 1.32. The molecule has 0 saturated carbocycles. The maximum Gasteiger partial charge on any atom is 0.254 e. The van der Waals surface area contributed by atoms with Gasteiger partial charge in [0, 0.05) is 38.3 Å². The number of ether oxygens (including phenoxy) is 1. The molecule has 0 radical (unpaired) electrons. The Kier molecular flexibility index (Phi) is 6.40. The molecule has 0 spiro atoms. The summed E-state index contributed by atoms with van der Waals surface area (Å²) in [6.45, 7) is 8.56. The van der Waals surface area contributed by atoms with Crippen LogP contribution in [0.3, 0.4) is 0 Å². The van der Waals surface area contributed by atoms with Gasteiger partial charge in [-0.25, -0.2) is 0 Å². The van der Waals surface area contributed by atoms with E-state index >= 15 is 0 Å². The number of carbonyl (C=O) groups excluding carboxylic acids is 1. The Morgan fingerprint density at radius 1 is 1.03 bits per heavy atom. The standard InChI is InChI=1S/C23H26N4O2S/c1-17-5-3-6-19(13-17)15-26-9-11-27(12-10-26)23(28)20-7-4-8-21(14-20)29-16-22-18(2)24-30-25-22/h3-8,13-14H,9-12,15-16H2,1-2H3. The van der Waals surface area contributed by atoms with Gasteiger partial charge in [0.15, 0.2) is 0 Å². The third kappa shape index (κ3) is 5.04. The Bertz CT molecular complexity index is 1010. The van der Waals surface area contributed by atoms with E-state index in [1.165, 1.54) is 22.9 Å². The van der Waals surface area contributed by atoms with Crippen LogP contribution in [0, 0.1) is 13.8 Å². The lowest BCUT2D eigenvalue weighted by Gasteiger charge is -2.35. The van der Waals surface area contributed by atoms with E-state index in [0.29, 0.717) is 17.9 Å². The predicted octanol–water partition coefficient (Wildman–Crippen LogP) is 3.69. The van der Waals surface area contributed by atoms with Crippen molar-refractivity contribution in [2.45, 2.75) is 27.0 Å². The first-order chi connectivity index (χ1) is 14.6. The molecule has 3 aromatic rings. The molecule has 0 aliphatic carbocycles. The molecule has 4 rings (SSSR count). The van der Waals surface area contributed by atoms with E-state index in [-0.39, 0.29) is 5.91 Å². The van der Waals surface area contributed by atoms with Gasteiger partial charge in [-0.15, -0.1) is 0 Å². The zero-order chi connectivity index (χ0) is 20.9. The predicted molar refractivity (Wildman–Crippen MR) is 118 cm³/mol. The first-order valence-corrected chi connectivity index (χ1v) is 10.9. The van der Waals surface area contributed by atoms with Crippen LogP contribution in [0.15, 0.2) is 48.5 Å². The number of aryl methyl sites for hydroxylation is 2. The molecule has 0 N–H and O–H groups in total. The van der Waals surface area contributed by atoms with E-state index in [1.807, 2.05) is 36.1 Å². The summed E-state index contributed by atoms with van der Waals surface area (Å²) in [6, 6.07) is 16.0. The molecular formula is C23H26N4O2S. The smallest absolute Gasteiger partial charge is 0.254 e. The zero-order valence-electron chi connectivity index (χ0n) is 17.4. The summed E-state index contributed by atoms with van der Waals surface area (Å²) >= 11 is 1.18. The van der Waals surface area contributed by atoms with E-state index in [9.17, 15) is 4.79 Å². The maximum atomic E-state index is 13.0. The Hall–Kier alpha value is -2.77. The van der Waals surface area contributed by atoms with Gasteiger partial charge in [0.25, 0.3) is 5.91 Å². The summed E-state index contributed by atoms with van der Waals surface area (Å²) in [4.78, 5) is 17.3. The Morgan fingerprint density at radius 2 is 1.83 bits per heavy atom. The number of benzene rings is 2. The summed E-state index contributed by atoms with van der Waals surface area (Å²) in [5, 5.41) is 0. The van der Waals surface area contributed by atoms with E-state index in [0.717, 1.165) is 44.1 Å². The zero-order valence-corrected chi connectivity index (χ0v) is 18.2. The normalized spacial score (nSPS) is 14.7. The van der Waals surface area contributed by atoms with Crippen molar-refractivity contribution < 1.29 is 9.53 Å². The molecule has 7 heteroatoms. The van der Waals surface area contributed by atoms with Crippen molar-refractivity contribution in [3.63, 3.8) is 0 Å². The van der Waals surface area contributed by atoms with Gasteiger partial charge in [-0.3, -0.25) is 9.69 Å². The number of hydrogen-bond donors (Lipinski definition) is 0. The lowest BCUT2D eigenvalue weighted by Crippen LogP contribution is -2.48. The van der Waals surface area contributed by atoms with Crippen LogP contribution in [0.5, 0.6) is 5.75 Å². The van der Waals surface area contributed by atoms with Crippen molar-refractivity contribution in [1.29, 1.82) is 0 Å². The topological polar surface area (TPSA) is 58.6 Å². The third-order valence-corrected chi connectivity index (χ3v) is 6.01. The number of rotatable bonds is 6. The minimum atomic E-state index is 0.0576. The summed E-state index contributed by atoms with van der Waals surface area (Å²) in [5.41, 5.74) is 4.99. The van der Waals surface area contributed by atoms with Crippen LogP contribution in [0.4, 0.5) is 0 Å². The number of hydrogen-bond acceptors (Lipinski definition) is 6. The summed E-state index contributed by atoms with van der Waals surface area (Å²) in [6.07, 6.45) is 0. The minimum absolute atomic E-state index is 0.0576. The quantitative estimate of drug-likeness (QED) is 0.606. The molecule has 2 heterocycles. The number of piperazine rings is 1. The van der Waals surface area contributed by atoms with Gasteiger partial charge < -0.3 is 9.64 Å². The Labute approximate surface area is 181 Å². The lowest BCUT2D eigenvalue weighted by atomic mass is 10.1. The SMILES string of the molecule is Cc1cccc(CN2CCN(C(=O)c3cccc(OCc4nsnc4C)c3)CC2)c1. The second kappa shape index (κ2) is 9.36. The van der Waals surface area contributed by atoms with Crippen molar-refractivity contribution in [2.24, 2.45) is 0 Å². The highest BCUT2D eigenvalue weighted by molar-refractivity contribution is 6.99. The minimum Gasteiger partial charge on any atom is -0.487 e. The van der Waals surface area contributed by atoms with Crippen LogP contribution in [0.1, 0.15) is 32.9 Å². The van der Waals surface area contributed by atoms with Crippen LogP contribution in [-0.4, -0.2) is 50.6 Å². The molecule has 1 aliphatic heterocycles. The number of nitrogens with zero attached hydrogens (tertiary/aromatic N) is 4. The number of aromatic nitrogens is 2. The van der Waals surface area contributed by atoms with Gasteiger partial charge in [0.05, 0.1) is 17.4 Å². The monoisotopic (exact) mass is 422 g/mol. The van der Waals surface area contributed by atoms with E-state index < -0.39 is 0 Å². The highest BCUT2D eigenvalue weighted by atomic mass is 32.1. The number of carbonyl (C=O) groups is 1. The van der Waals surface area contributed by atoms with Crippen molar-refractivity contribution in [1.82, 2.24) is 18.5 Å². The molecule has 0 unspecified atom stereocenters. The summed E-state index contributed by atoms with van der Waals surface area (Å²) in [5.74, 6) is 0.730. The highest BCUT2D eigenvalue weighted by Crippen LogP contribution is 2.18. The molecule has 6 nitrogen and oxygen atoms in total. The fraction of sp³-hybridized carbons (Fsp3) is 0.348. The molecule has 0 bridgehead atoms. The first kappa shape index (κ1) is 20.5. The number of amides is 1. The fourth-order valence-corrected chi connectivity index (χ4v) is 4.16. The summed E-state index contributed by atoms with van der Waals surface area (Å²) < 4.78 is 14.2. The van der Waals surface area contributed by atoms with Crippen LogP contribution in [0.25, 0.3) is 0 Å². The maximum absolute atomic E-state index is 13.0. The van der Waals surface area contributed by atoms with Gasteiger partial charge in [-0.2, -0.15) is 8.75 Å². The molecular weight excluding hydrogens is 396 g/mol. The van der Waals surface area contributed by atoms with Crippen molar-refractivity contribution in [3.05, 3.63) is 76.6 Å². The van der Waals surface area contributed by atoms with E-state index in [1.54, 1.807) is 0 Å².